The van der Waals surface area contributed by atoms with Crippen molar-refractivity contribution in [3.8, 4) is 0 Å². The third-order valence-electron chi connectivity index (χ3n) is 4.29. The standard InChI is InChI=1S/C21H22FN5O2S/c1-3-27-18(12-23-20(29)15-6-8-16(22)9-7-15)25-26-21(27)30-13-19(28)24-17-10-4-14(2)5-11-17/h4-11H,3,12-13H2,1-2H3,(H,23,29)(H,24,28). The summed E-state index contributed by atoms with van der Waals surface area (Å²) in [5, 5.41) is 14.5. The number of carbonyl (C=O) groups is 2. The number of halogens is 1. The number of rotatable bonds is 8. The SMILES string of the molecule is CCn1c(CNC(=O)c2ccc(F)cc2)nnc1SCC(=O)Nc1ccc(C)cc1. The van der Waals surface area contributed by atoms with E-state index in [4.69, 9.17) is 0 Å². The number of hydrogen-bond donors (Lipinski definition) is 2. The fourth-order valence-corrected chi connectivity index (χ4v) is 3.52. The second-order valence-electron chi connectivity index (χ2n) is 6.54. The lowest BCUT2D eigenvalue weighted by Crippen LogP contribution is -2.24. The van der Waals surface area contributed by atoms with E-state index in [2.05, 4.69) is 20.8 Å². The van der Waals surface area contributed by atoms with E-state index in [9.17, 15) is 14.0 Å². The van der Waals surface area contributed by atoms with Crippen molar-refractivity contribution < 1.29 is 14.0 Å². The zero-order valence-corrected chi connectivity index (χ0v) is 17.5. The van der Waals surface area contributed by atoms with Gasteiger partial charge in [-0.3, -0.25) is 9.59 Å². The summed E-state index contributed by atoms with van der Waals surface area (Å²) in [6, 6.07) is 12.9. The van der Waals surface area contributed by atoms with Gasteiger partial charge in [-0.05, 0) is 50.2 Å². The monoisotopic (exact) mass is 427 g/mol. The Morgan fingerprint density at radius 3 is 2.43 bits per heavy atom. The summed E-state index contributed by atoms with van der Waals surface area (Å²) in [7, 11) is 0. The van der Waals surface area contributed by atoms with E-state index in [1.165, 1.54) is 36.0 Å². The first kappa shape index (κ1) is 21.5. The number of carbonyl (C=O) groups excluding carboxylic acids is 2. The number of amides is 2. The van der Waals surface area contributed by atoms with Crippen LogP contribution in [0.3, 0.4) is 0 Å². The molecular formula is C21H22FN5O2S. The van der Waals surface area contributed by atoms with Crippen LogP contribution in [0.15, 0.2) is 53.7 Å². The molecule has 0 bridgehead atoms. The second kappa shape index (κ2) is 10.0. The van der Waals surface area contributed by atoms with Crippen LogP contribution in [0.4, 0.5) is 10.1 Å². The minimum Gasteiger partial charge on any atom is -0.345 e. The number of nitrogens with zero attached hydrogens (tertiary/aromatic N) is 3. The van der Waals surface area contributed by atoms with E-state index in [-0.39, 0.29) is 24.1 Å². The minimum atomic E-state index is -0.398. The van der Waals surface area contributed by atoms with Crippen LogP contribution in [0.25, 0.3) is 0 Å². The molecule has 3 aromatic rings. The Bertz CT molecular complexity index is 1020. The van der Waals surface area contributed by atoms with Gasteiger partial charge in [-0.1, -0.05) is 29.5 Å². The maximum atomic E-state index is 13.0. The summed E-state index contributed by atoms with van der Waals surface area (Å²) in [5.74, 6) is -0.0960. The summed E-state index contributed by atoms with van der Waals surface area (Å²) < 4.78 is 14.8. The smallest absolute Gasteiger partial charge is 0.251 e. The van der Waals surface area contributed by atoms with E-state index < -0.39 is 5.82 Å². The predicted molar refractivity (Wildman–Crippen MR) is 114 cm³/mol. The quantitative estimate of drug-likeness (QED) is 0.538. The van der Waals surface area contributed by atoms with Crippen LogP contribution in [0, 0.1) is 12.7 Å². The van der Waals surface area contributed by atoms with Gasteiger partial charge in [-0.15, -0.1) is 10.2 Å². The van der Waals surface area contributed by atoms with Crippen molar-refractivity contribution in [2.24, 2.45) is 0 Å². The molecule has 0 saturated heterocycles. The molecule has 156 valence electrons. The number of benzene rings is 2. The van der Waals surface area contributed by atoms with Gasteiger partial charge < -0.3 is 15.2 Å². The summed E-state index contributed by atoms with van der Waals surface area (Å²) in [6.45, 7) is 4.69. The van der Waals surface area contributed by atoms with E-state index in [1.54, 1.807) is 0 Å². The van der Waals surface area contributed by atoms with Crippen LogP contribution in [-0.2, 0) is 17.9 Å². The number of hydrogen-bond acceptors (Lipinski definition) is 5. The first-order valence-electron chi connectivity index (χ1n) is 9.41. The third kappa shape index (κ3) is 5.66. The maximum Gasteiger partial charge on any atom is 0.251 e. The number of aryl methyl sites for hydroxylation is 1. The topological polar surface area (TPSA) is 88.9 Å². The minimum absolute atomic E-state index is 0.138. The predicted octanol–water partition coefficient (Wildman–Crippen LogP) is 3.41. The molecule has 7 nitrogen and oxygen atoms in total. The largest absolute Gasteiger partial charge is 0.345 e. The summed E-state index contributed by atoms with van der Waals surface area (Å²) in [4.78, 5) is 24.4. The molecule has 2 aromatic carbocycles. The van der Waals surface area contributed by atoms with Gasteiger partial charge in [0.15, 0.2) is 11.0 Å². The number of aromatic nitrogens is 3. The number of anilines is 1. The molecule has 2 N–H and O–H groups in total. The van der Waals surface area contributed by atoms with Gasteiger partial charge in [0, 0.05) is 17.8 Å². The number of nitrogens with one attached hydrogen (secondary N) is 2. The Kier molecular flexibility index (Phi) is 7.18. The Labute approximate surface area is 178 Å². The van der Waals surface area contributed by atoms with E-state index in [0.717, 1.165) is 11.3 Å². The summed E-state index contributed by atoms with van der Waals surface area (Å²) >= 11 is 1.28. The molecule has 0 unspecified atom stereocenters. The molecule has 0 saturated carbocycles. The van der Waals surface area contributed by atoms with E-state index >= 15 is 0 Å². The molecule has 3 rings (SSSR count). The maximum absolute atomic E-state index is 13.0. The normalized spacial score (nSPS) is 10.6. The van der Waals surface area contributed by atoms with Gasteiger partial charge in [0.05, 0.1) is 12.3 Å². The highest BCUT2D eigenvalue weighted by molar-refractivity contribution is 7.99. The molecule has 1 heterocycles. The molecule has 0 aliphatic heterocycles. The molecule has 0 spiro atoms. The molecule has 30 heavy (non-hydrogen) atoms. The van der Waals surface area contributed by atoms with Crippen molar-refractivity contribution in [3.05, 3.63) is 71.3 Å². The average molecular weight is 428 g/mol. The second-order valence-corrected chi connectivity index (χ2v) is 7.48. The first-order valence-corrected chi connectivity index (χ1v) is 10.4. The number of thioether (sulfide) groups is 1. The highest BCUT2D eigenvalue weighted by Gasteiger charge is 2.14. The van der Waals surface area contributed by atoms with Gasteiger partial charge in [0.25, 0.3) is 5.91 Å². The molecule has 1 aromatic heterocycles. The van der Waals surface area contributed by atoms with Gasteiger partial charge in [-0.2, -0.15) is 0 Å². The Balaban J connectivity index is 1.55. The van der Waals surface area contributed by atoms with E-state index in [1.807, 2.05) is 42.7 Å². The first-order chi connectivity index (χ1) is 14.5. The molecule has 0 fully saturated rings. The lowest BCUT2D eigenvalue weighted by molar-refractivity contribution is -0.113. The molecule has 0 atom stereocenters. The van der Waals surface area contributed by atoms with Crippen LogP contribution in [0.5, 0.6) is 0 Å². The highest BCUT2D eigenvalue weighted by Crippen LogP contribution is 2.18. The Morgan fingerprint density at radius 2 is 1.77 bits per heavy atom. The van der Waals surface area contributed by atoms with Crippen LogP contribution in [0.1, 0.15) is 28.7 Å². The molecule has 0 radical (unpaired) electrons. The van der Waals surface area contributed by atoms with Gasteiger partial charge in [-0.25, -0.2) is 4.39 Å². The average Bonchev–Trinajstić information content (AvgIpc) is 3.14. The van der Waals surface area contributed by atoms with E-state index in [0.29, 0.717) is 23.1 Å². The lowest BCUT2D eigenvalue weighted by atomic mass is 10.2. The molecule has 0 aliphatic carbocycles. The third-order valence-corrected chi connectivity index (χ3v) is 5.26. The zero-order valence-electron chi connectivity index (χ0n) is 16.7. The van der Waals surface area contributed by atoms with Crippen LogP contribution < -0.4 is 10.6 Å². The van der Waals surface area contributed by atoms with Gasteiger partial charge in [0.2, 0.25) is 5.91 Å². The molecule has 0 aliphatic rings. The van der Waals surface area contributed by atoms with Crippen LogP contribution in [0.2, 0.25) is 0 Å². The zero-order chi connectivity index (χ0) is 21.5. The van der Waals surface area contributed by atoms with Crippen molar-refractivity contribution >= 4 is 29.3 Å². The van der Waals surface area contributed by atoms with Crippen molar-refractivity contribution in [2.45, 2.75) is 32.1 Å². The van der Waals surface area contributed by atoms with Gasteiger partial charge in [0.1, 0.15) is 5.82 Å². The molecule has 9 heteroatoms. The van der Waals surface area contributed by atoms with Crippen molar-refractivity contribution in [3.63, 3.8) is 0 Å². The van der Waals surface area contributed by atoms with Crippen LogP contribution in [-0.4, -0.2) is 32.3 Å². The Morgan fingerprint density at radius 1 is 1.07 bits per heavy atom. The van der Waals surface area contributed by atoms with Crippen molar-refractivity contribution in [1.29, 1.82) is 0 Å². The fraction of sp³-hybridized carbons (Fsp3) is 0.238. The highest BCUT2D eigenvalue weighted by atomic mass is 32.2. The molecular weight excluding hydrogens is 405 g/mol. The lowest BCUT2D eigenvalue weighted by Gasteiger charge is -2.09. The van der Waals surface area contributed by atoms with Crippen LogP contribution >= 0.6 is 11.8 Å². The summed E-state index contributed by atoms with van der Waals surface area (Å²) in [6.07, 6.45) is 0. The van der Waals surface area contributed by atoms with Gasteiger partial charge >= 0.3 is 0 Å². The van der Waals surface area contributed by atoms with Crippen molar-refractivity contribution in [1.82, 2.24) is 20.1 Å². The van der Waals surface area contributed by atoms with Crippen molar-refractivity contribution in [2.75, 3.05) is 11.1 Å². The summed E-state index contributed by atoms with van der Waals surface area (Å²) in [5.41, 5.74) is 2.23. The fourth-order valence-electron chi connectivity index (χ4n) is 2.70. The Hall–Kier alpha value is -3.20. The molecule has 2 amide bonds.